The minimum absolute atomic E-state index is 0.0164. The second-order valence-electron chi connectivity index (χ2n) is 7.60. The third-order valence-corrected chi connectivity index (χ3v) is 5.86. The first-order valence-electron chi connectivity index (χ1n) is 9.83. The summed E-state index contributed by atoms with van der Waals surface area (Å²) in [5.74, 6) is 0.304. The standard InChI is InChI=1S/C21H27N3O2/c25-20-9-5-12-23(20)13-10-18-7-3-4-11-24(18)15-17-14-16-6-1-2-8-19(16)22-21(17)26/h1-2,6,8,14,18H,3-5,7,9-13,15H2,(H,22,26)/t18-/m0/s1. The summed E-state index contributed by atoms with van der Waals surface area (Å²) in [6.07, 6.45) is 6.30. The number of pyridine rings is 1. The SMILES string of the molecule is O=C1CCCN1CC[C@@H]1CCCCN1Cc1cc2ccccc2[nH]c1=O. The molecule has 3 heterocycles. The number of nitrogens with zero attached hydrogens (tertiary/aromatic N) is 2. The molecular weight excluding hydrogens is 326 g/mol. The summed E-state index contributed by atoms with van der Waals surface area (Å²) in [5.41, 5.74) is 1.75. The molecule has 0 radical (unpaired) electrons. The molecule has 0 aliphatic carbocycles. The Morgan fingerprint density at radius 1 is 1.08 bits per heavy atom. The fourth-order valence-electron chi connectivity index (χ4n) is 4.37. The van der Waals surface area contributed by atoms with Crippen LogP contribution in [0.25, 0.3) is 10.9 Å². The summed E-state index contributed by atoms with van der Waals surface area (Å²) in [5, 5.41) is 1.08. The number of para-hydroxylation sites is 1. The van der Waals surface area contributed by atoms with Gasteiger partial charge in [-0.2, -0.15) is 0 Å². The Hall–Kier alpha value is -2.14. The molecule has 1 N–H and O–H groups in total. The van der Waals surface area contributed by atoms with Crippen LogP contribution >= 0.6 is 0 Å². The lowest BCUT2D eigenvalue weighted by Gasteiger charge is -2.36. The summed E-state index contributed by atoms with van der Waals surface area (Å²) in [4.78, 5) is 31.8. The van der Waals surface area contributed by atoms with Gasteiger partial charge in [0.25, 0.3) is 5.56 Å². The van der Waals surface area contributed by atoms with Gasteiger partial charge < -0.3 is 9.88 Å². The highest BCUT2D eigenvalue weighted by atomic mass is 16.2. The van der Waals surface area contributed by atoms with Crippen LogP contribution in [0.4, 0.5) is 0 Å². The summed E-state index contributed by atoms with van der Waals surface area (Å²) < 4.78 is 0. The molecule has 0 saturated carbocycles. The first-order valence-corrected chi connectivity index (χ1v) is 9.83. The number of carbonyl (C=O) groups is 1. The van der Waals surface area contributed by atoms with Crippen LogP contribution in [0.15, 0.2) is 35.1 Å². The fourth-order valence-corrected chi connectivity index (χ4v) is 4.37. The number of hydrogen-bond acceptors (Lipinski definition) is 3. The van der Waals surface area contributed by atoms with E-state index in [0.717, 1.165) is 55.4 Å². The monoisotopic (exact) mass is 353 g/mol. The van der Waals surface area contributed by atoms with Crippen molar-refractivity contribution in [2.24, 2.45) is 0 Å². The molecule has 0 unspecified atom stereocenters. The third-order valence-electron chi connectivity index (χ3n) is 5.86. The molecule has 2 saturated heterocycles. The quantitative estimate of drug-likeness (QED) is 0.899. The van der Waals surface area contributed by atoms with Gasteiger partial charge in [0.2, 0.25) is 5.91 Å². The molecular formula is C21H27N3O2. The Labute approximate surface area is 154 Å². The summed E-state index contributed by atoms with van der Waals surface area (Å²) in [6, 6.07) is 10.4. The van der Waals surface area contributed by atoms with Gasteiger partial charge in [-0.1, -0.05) is 24.6 Å². The Morgan fingerprint density at radius 2 is 1.96 bits per heavy atom. The summed E-state index contributed by atoms with van der Waals surface area (Å²) in [6.45, 7) is 3.49. The maximum atomic E-state index is 12.5. The summed E-state index contributed by atoms with van der Waals surface area (Å²) >= 11 is 0. The number of amides is 1. The average molecular weight is 353 g/mol. The first-order chi connectivity index (χ1) is 12.7. The first kappa shape index (κ1) is 17.3. The lowest BCUT2D eigenvalue weighted by Crippen LogP contribution is -2.42. The lowest BCUT2D eigenvalue weighted by atomic mass is 9.98. The predicted molar refractivity (Wildman–Crippen MR) is 103 cm³/mol. The minimum Gasteiger partial charge on any atom is -0.343 e. The molecule has 0 spiro atoms. The zero-order valence-corrected chi connectivity index (χ0v) is 15.2. The van der Waals surface area contributed by atoms with Crippen molar-refractivity contribution in [1.82, 2.24) is 14.8 Å². The van der Waals surface area contributed by atoms with Gasteiger partial charge in [-0.3, -0.25) is 14.5 Å². The topological polar surface area (TPSA) is 56.4 Å². The Balaban J connectivity index is 1.47. The number of aromatic nitrogens is 1. The van der Waals surface area contributed by atoms with Gasteiger partial charge in [0, 0.05) is 43.2 Å². The zero-order chi connectivity index (χ0) is 17.9. The van der Waals surface area contributed by atoms with Crippen molar-refractivity contribution in [1.29, 1.82) is 0 Å². The maximum Gasteiger partial charge on any atom is 0.252 e. The number of H-pyrrole nitrogens is 1. The van der Waals surface area contributed by atoms with E-state index >= 15 is 0 Å². The van der Waals surface area contributed by atoms with Gasteiger partial charge in [0.05, 0.1) is 0 Å². The van der Waals surface area contributed by atoms with Crippen LogP contribution in [0.1, 0.15) is 44.1 Å². The van der Waals surface area contributed by atoms with Gasteiger partial charge in [-0.15, -0.1) is 0 Å². The van der Waals surface area contributed by atoms with E-state index in [0.29, 0.717) is 24.9 Å². The molecule has 2 fully saturated rings. The fraction of sp³-hybridized carbons (Fsp3) is 0.524. The highest BCUT2D eigenvalue weighted by Crippen LogP contribution is 2.23. The van der Waals surface area contributed by atoms with Crippen molar-refractivity contribution >= 4 is 16.8 Å². The molecule has 1 atom stereocenters. The van der Waals surface area contributed by atoms with Crippen molar-refractivity contribution in [3.8, 4) is 0 Å². The molecule has 138 valence electrons. The van der Waals surface area contributed by atoms with E-state index in [1.54, 1.807) is 0 Å². The van der Waals surface area contributed by atoms with Gasteiger partial charge in [-0.05, 0) is 49.7 Å². The second kappa shape index (κ2) is 7.62. The van der Waals surface area contributed by atoms with Crippen molar-refractivity contribution in [2.45, 2.75) is 51.1 Å². The Kier molecular flexibility index (Phi) is 5.07. The van der Waals surface area contributed by atoms with Crippen molar-refractivity contribution < 1.29 is 4.79 Å². The molecule has 0 bridgehead atoms. The average Bonchev–Trinajstić information content (AvgIpc) is 3.06. The smallest absolute Gasteiger partial charge is 0.252 e. The predicted octanol–water partition coefficient (Wildman–Crippen LogP) is 2.90. The summed E-state index contributed by atoms with van der Waals surface area (Å²) in [7, 11) is 0. The Morgan fingerprint density at radius 3 is 2.81 bits per heavy atom. The molecule has 2 aliphatic rings. The van der Waals surface area contributed by atoms with Crippen LogP contribution in [0.2, 0.25) is 0 Å². The van der Waals surface area contributed by atoms with Crippen molar-refractivity contribution in [3.05, 3.63) is 46.2 Å². The molecule has 5 nitrogen and oxygen atoms in total. The number of nitrogens with one attached hydrogen (secondary N) is 1. The molecule has 2 aliphatic heterocycles. The zero-order valence-electron chi connectivity index (χ0n) is 15.2. The second-order valence-corrected chi connectivity index (χ2v) is 7.60. The molecule has 5 heteroatoms. The van der Waals surface area contributed by atoms with Crippen LogP contribution in [0.5, 0.6) is 0 Å². The number of hydrogen-bond donors (Lipinski definition) is 1. The molecule has 4 rings (SSSR count). The molecule has 26 heavy (non-hydrogen) atoms. The number of benzene rings is 1. The van der Waals surface area contributed by atoms with Crippen LogP contribution in [0.3, 0.4) is 0 Å². The number of piperidine rings is 1. The van der Waals surface area contributed by atoms with Gasteiger partial charge >= 0.3 is 0 Å². The van der Waals surface area contributed by atoms with Crippen LogP contribution < -0.4 is 5.56 Å². The highest BCUT2D eigenvalue weighted by molar-refractivity contribution is 5.78. The van der Waals surface area contributed by atoms with E-state index in [1.807, 2.05) is 35.2 Å². The van der Waals surface area contributed by atoms with Crippen LogP contribution in [-0.4, -0.2) is 46.4 Å². The van der Waals surface area contributed by atoms with Gasteiger partial charge in [0.1, 0.15) is 0 Å². The van der Waals surface area contributed by atoms with Crippen molar-refractivity contribution in [3.63, 3.8) is 0 Å². The van der Waals surface area contributed by atoms with E-state index in [4.69, 9.17) is 0 Å². The Bertz CT molecular complexity index is 845. The number of fused-ring (bicyclic) bond motifs is 1. The van der Waals surface area contributed by atoms with E-state index in [1.165, 1.54) is 12.8 Å². The molecule has 2 aromatic rings. The van der Waals surface area contributed by atoms with Gasteiger partial charge in [-0.25, -0.2) is 0 Å². The molecule has 1 amide bonds. The highest BCUT2D eigenvalue weighted by Gasteiger charge is 2.26. The number of rotatable bonds is 5. The van der Waals surface area contributed by atoms with Gasteiger partial charge in [0.15, 0.2) is 0 Å². The molecule has 1 aromatic heterocycles. The molecule has 1 aromatic carbocycles. The minimum atomic E-state index is 0.0164. The van der Waals surface area contributed by atoms with E-state index in [-0.39, 0.29) is 5.56 Å². The van der Waals surface area contributed by atoms with E-state index in [9.17, 15) is 9.59 Å². The van der Waals surface area contributed by atoms with E-state index in [2.05, 4.69) is 9.88 Å². The number of aromatic amines is 1. The largest absolute Gasteiger partial charge is 0.343 e. The number of likely N-dealkylation sites (tertiary alicyclic amines) is 2. The normalized spacial score (nSPS) is 21.6. The van der Waals surface area contributed by atoms with E-state index < -0.39 is 0 Å². The van der Waals surface area contributed by atoms with Crippen LogP contribution in [-0.2, 0) is 11.3 Å². The lowest BCUT2D eigenvalue weighted by molar-refractivity contribution is -0.127. The third kappa shape index (κ3) is 3.68. The van der Waals surface area contributed by atoms with Crippen molar-refractivity contribution in [2.75, 3.05) is 19.6 Å². The number of carbonyl (C=O) groups excluding carboxylic acids is 1. The maximum absolute atomic E-state index is 12.5. The van der Waals surface area contributed by atoms with Crippen LogP contribution in [0, 0.1) is 0 Å².